The first-order chi connectivity index (χ1) is 6.29. The zero-order valence-corrected chi connectivity index (χ0v) is 8.68. The topological polar surface area (TPSA) is 36.3 Å². The highest BCUT2D eigenvalue weighted by Crippen LogP contribution is 2.12. The lowest BCUT2D eigenvalue weighted by Crippen LogP contribution is -2.42. The maximum absolute atomic E-state index is 7.94. The molecule has 1 atom stereocenters. The van der Waals surface area contributed by atoms with Crippen LogP contribution in [0.3, 0.4) is 0 Å². The highest BCUT2D eigenvalue weighted by Gasteiger charge is 2.19. The molecule has 1 unspecified atom stereocenters. The van der Waals surface area contributed by atoms with Crippen LogP contribution in [0.2, 0.25) is 0 Å². The van der Waals surface area contributed by atoms with E-state index < -0.39 is 0 Å². The number of likely N-dealkylation sites (tertiary alicyclic amines) is 1. The van der Waals surface area contributed by atoms with Crippen molar-refractivity contribution in [2.24, 2.45) is 0 Å². The van der Waals surface area contributed by atoms with Gasteiger partial charge in [-0.15, -0.1) is 0 Å². The Hall–Kier alpha value is -0.570. The minimum absolute atomic E-state index is 0.00176. The SMILES string of the molecule is CCC(OC)C(=N)N1CCCCC1. The summed E-state index contributed by atoms with van der Waals surface area (Å²) in [4.78, 5) is 2.15. The summed E-state index contributed by atoms with van der Waals surface area (Å²) in [5.74, 6) is 0.671. The maximum Gasteiger partial charge on any atom is 0.126 e. The Kier molecular flexibility index (Phi) is 4.22. The van der Waals surface area contributed by atoms with Gasteiger partial charge in [0.25, 0.3) is 0 Å². The number of nitrogens with zero attached hydrogens (tertiary/aromatic N) is 1. The van der Waals surface area contributed by atoms with Gasteiger partial charge in [-0.1, -0.05) is 6.92 Å². The van der Waals surface area contributed by atoms with Crippen LogP contribution in [0.25, 0.3) is 0 Å². The number of ether oxygens (including phenoxy) is 1. The van der Waals surface area contributed by atoms with Gasteiger partial charge >= 0.3 is 0 Å². The molecule has 0 aromatic rings. The monoisotopic (exact) mass is 184 g/mol. The molecule has 1 aliphatic rings. The second-order valence-corrected chi connectivity index (χ2v) is 3.57. The molecule has 1 fully saturated rings. The minimum atomic E-state index is -0.00176. The van der Waals surface area contributed by atoms with E-state index in [-0.39, 0.29) is 6.10 Å². The molecule has 0 aromatic heterocycles. The van der Waals surface area contributed by atoms with Crippen molar-refractivity contribution in [3.8, 4) is 0 Å². The van der Waals surface area contributed by atoms with E-state index in [1.54, 1.807) is 7.11 Å². The summed E-state index contributed by atoms with van der Waals surface area (Å²) in [6.07, 6.45) is 4.66. The Morgan fingerprint density at radius 2 is 2.00 bits per heavy atom. The first kappa shape index (κ1) is 10.5. The molecule has 1 rings (SSSR count). The van der Waals surface area contributed by atoms with Crippen LogP contribution >= 0.6 is 0 Å². The lowest BCUT2D eigenvalue weighted by Gasteiger charge is -2.31. The highest BCUT2D eigenvalue weighted by molar-refractivity contribution is 5.83. The average molecular weight is 184 g/mol. The molecule has 1 saturated heterocycles. The summed E-state index contributed by atoms with van der Waals surface area (Å²) in [6.45, 7) is 4.14. The fourth-order valence-corrected chi connectivity index (χ4v) is 1.81. The molecule has 1 aliphatic heterocycles. The van der Waals surface area contributed by atoms with Gasteiger partial charge in [0.2, 0.25) is 0 Å². The Morgan fingerprint density at radius 1 is 1.38 bits per heavy atom. The van der Waals surface area contributed by atoms with Crippen LogP contribution in [-0.4, -0.2) is 37.0 Å². The number of piperidine rings is 1. The fourth-order valence-electron chi connectivity index (χ4n) is 1.81. The molecule has 76 valence electrons. The van der Waals surface area contributed by atoms with Gasteiger partial charge in [0.15, 0.2) is 0 Å². The number of nitrogens with one attached hydrogen (secondary N) is 1. The molecular formula is C10H20N2O. The van der Waals surface area contributed by atoms with Crippen LogP contribution in [-0.2, 0) is 4.74 Å². The number of hydrogen-bond acceptors (Lipinski definition) is 2. The van der Waals surface area contributed by atoms with Gasteiger partial charge < -0.3 is 9.64 Å². The lowest BCUT2D eigenvalue weighted by atomic mass is 10.1. The summed E-state index contributed by atoms with van der Waals surface area (Å²) in [5, 5.41) is 7.94. The molecule has 0 radical (unpaired) electrons. The van der Waals surface area contributed by atoms with Crippen molar-refractivity contribution in [2.45, 2.75) is 38.7 Å². The fraction of sp³-hybridized carbons (Fsp3) is 0.900. The number of amidine groups is 1. The number of rotatable bonds is 3. The average Bonchev–Trinajstić information content (AvgIpc) is 2.21. The van der Waals surface area contributed by atoms with Crippen molar-refractivity contribution < 1.29 is 4.74 Å². The van der Waals surface area contributed by atoms with Crippen molar-refractivity contribution in [3.63, 3.8) is 0 Å². The van der Waals surface area contributed by atoms with Gasteiger partial charge in [-0.2, -0.15) is 0 Å². The van der Waals surface area contributed by atoms with Crippen molar-refractivity contribution in [2.75, 3.05) is 20.2 Å². The predicted molar refractivity (Wildman–Crippen MR) is 54.2 cm³/mol. The van der Waals surface area contributed by atoms with Crippen LogP contribution in [0.5, 0.6) is 0 Å². The van der Waals surface area contributed by atoms with Crippen molar-refractivity contribution in [1.82, 2.24) is 4.90 Å². The van der Waals surface area contributed by atoms with E-state index >= 15 is 0 Å². The predicted octanol–water partition coefficient (Wildman–Crippen LogP) is 1.87. The van der Waals surface area contributed by atoms with Gasteiger partial charge in [-0.05, 0) is 25.7 Å². The Morgan fingerprint density at radius 3 is 2.46 bits per heavy atom. The van der Waals surface area contributed by atoms with Crippen LogP contribution < -0.4 is 0 Å². The summed E-state index contributed by atoms with van der Waals surface area (Å²) in [5.41, 5.74) is 0. The van der Waals surface area contributed by atoms with E-state index in [1.165, 1.54) is 19.3 Å². The molecule has 1 heterocycles. The summed E-state index contributed by atoms with van der Waals surface area (Å²) in [7, 11) is 1.69. The van der Waals surface area contributed by atoms with Crippen molar-refractivity contribution in [1.29, 1.82) is 5.41 Å². The lowest BCUT2D eigenvalue weighted by molar-refractivity contribution is 0.136. The smallest absolute Gasteiger partial charge is 0.126 e. The summed E-state index contributed by atoms with van der Waals surface area (Å²) < 4.78 is 5.25. The summed E-state index contributed by atoms with van der Waals surface area (Å²) in [6, 6.07) is 0. The largest absolute Gasteiger partial charge is 0.374 e. The molecule has 0 amide bonds. The number of methoxy groups -OCH3 is 1. The summed E-state index contributed by atoms with van der Waals surface area (Å²) >= 11 is 0. The molecule has 0 spiro atoms. The Balaban J connectivity index is 2.44. The van der Waals surface area contributed by atoms with E-state index in [4.69, 9.17) is 10.1 Å². The van der Waals surface area contributed by atoms with Crippen LogP contribution in [0.1, 0.15) is 32.6 Å². The van der Waals surface area contributed by atoms with Gasteiger partial charge in [-0.25, -0.2) is 0 Å². The van der Waals surface area contributed by atoms with Gasteiger partial charge in [0, 0.05) is 20.2 Å². The molecule has 0 aliphatic carbocycles. The standard InChI is InChI=1S/C10H20N2O/c1-3-9(13-2)10(11)12-7-5-4-6-8-12/h9,11H,3-8H2,1-2H3. The molecular weight excluding hydrogens is 164 g/mol. The van der Waals surface area contributed by atoms with Gasteiger partial charge in [-0.3, -0.25) is 5.41 Å². The van der Waals surface area contributed by atoms with Gasteiger partial charge in [0.1, 0.15) is 11.9 Å². The molecule has 3 nitrogen and oxygen atoms in total. The van der Waals surface area contributed by atoms with E-state index in [0.29, 0.717) is 5.84 Å². The van der Waals surface area contributed by atoms with Crippen molar-refractivity contribution >= 4 is 5.84 Å². The zero-order chi connectivity index (χ0) is 9.68. The number of hydrogen-bond donors (Lipinski definition) is 1. The molecule has 0 bridgehead atoms. The van der Waals surface area contributed by atoms with E-state index in [1.807, 2.05) is 0 Å². The van der Waals surface area contributed by atoms with E-state index in [9.17, 15) is 0 Å². The van der Waals surface area contributed by atoms with Crippen molar-refractivity contribution in [3.05, 3.63) is 0 Å². The first-order valence-electron chi connectivity index (χ1n) is 5.15. The minimum Gasteiger partial charge on any atom is -0.374 e. The van der Waals surface area contributed by atoms with Crippen LogP contribution in [0, 0.1) is 5.41 Å². The molecule has 0 aromatic carbocycles. The molecule has 0 saturated carbocycles. The molecule has 13 heavy (non-hydrogen) atoms. The normalized spacial score (nSPS) is 20.0. The third-order valence-electron chi connectivity index (χ3n) is 2.66. The quantitative estimate of drug-likeness (QED) is 0.537. The highest BCUT2D eigenvalue weighted by atomic mass is 16.5. The second kappa shape index (κ2) is 5.22. The molecule has 3 heteroatoms. The van der Waals surface area contributed by atoms with E-state index in [0.717, 1.165) is 19.5 Å². The van der Waals surface area contributed by atoms with Crippen LogP contribution in [0.4, 0.5) is 0 Å². The molecule has 1 N–H and O–H groups in total. The third-order valence-corrected chi connectivity index (χ3v) is 2.66. The van der Waals surface area contributed by atoms with Crippen LogP contribution in [0.15, 0.2) is 0 Å². The first-order valence-corrected chi connectivity index (χ1v) is 5.15. The second-order valence-electron chi connectivity index (χ2n) is 3.57. The Labute approximate surface area is 80.6 Å². The zero-order valence-electron chi connectivity index (χ0n) is 8.68. The van der Waals surface area contributed by atoms with E-state index in [2.05, 4.69) is 11.8 Å². The third kappa shape index (κ3) is 2.69. The van der Waals surface area contributed by atoms with Gasteiger partial charge in [0.05, 0.1) is 0 Å². The maximum atomic E-state index is 7.94. The Bertz CT molecular complexity index is 160.